The third-order valence-corrected chi connectivity index (χ3v) is 13.3. The van der Waals surface area contributed by atoms with Crippen LogP contribution in [0.4, 0.5) is 0 Å². The summed E-state index contributed by atoms with van der Waals surface area (Å²) in [4.78, 5) is 144. The smallest absolute Gasteiger partial charge is 0.326 e. The zero-order valence-corrected chi connectivity index (χ0v) is 43.3. The summed E-state index contributed by atoms with van der Waals surface area (Å²) in [5.74, 6) is -8.85. The monoisotopic (exact) mass is 1060 g/mol. The second-order valence-electron chi connectivity index (χ2n) is 19.3. The van der Waals surface area contributed by atoms with E-state index in [0.29, 0.717) is 16.8 Å². The standard InChI is InChI=1S/C53H72N14O10/c1-31(68)63-40(18-10-22-60-53(56)57)48(73)64-41-20-19-37(69)14-5-7-17-42(51(76)77)65-47(72)34(24-35-28-61-39-16-8-6-15-38(35)39)26-45(70)33(13-9-21-59-52(54)55)25-46(71)43(23-32-11-3-2-4-12-32)66-50(75)44(67-49(41)74)27-36-29-58-30-62-36/h2-4,6,8,11-12,15-16,28-30,33-34,40-44,61H,5,7,9-10,13-14,17-27H2,1H3,(H,58,62)(H,63,68)(H,64,73)(H,65,72)(H,66,75)(H,67,74)(H,76,77)(H4,54,55,59)(H4,56,57,60)/t33-,34-,40-,41+,42+,43-,44+/m1/s1. The van der Waals surface area contributed by atoms with Crippen molar-refractivity contribution < 1.29 is 48.3 Å². The zero-order chi connectivity index (χ0) is 55.9. The number of guanidine groups is 2. The van der Waals surface area contributed by atoms with Crippen LogP contribution in [0.5, 0.6) is 0 Å². The fourth-order valence-corrected chi connectivity index (χ4v) is 9.21. The Balaban J connectivity index is 1.54. The molecule has 16 N–H and O–H groups in total. The first-order chi connectivity index (χ1) is 36.9. The van der Waals surface area contributed by atoms with Crippen LogP contribution >= 0.6 is 0 Å². The Morgan fingerprint density at radius 3 is 2.12 bits per heavy atom. The molecule has 3 heterocycles. The number of nitrogens with two attached hydrogens (primary N) is 4. The Morgan fingerprint density at radius 2 is 1.43 bits per heavy atom. The van der Waals surface area contributed by atoms with E-state index in [9.17, 15) is 48.3 Å². The molecule has 1 saturated heterocycles. The maximum Gasteiger partial charge on any atom is 0.326 e. The second kappa shape index (κ2) is 30.2. The van der Waals surface area contributed by atoms with Crippen LogP contribution in [0.2, 0.25) is 0 Å². The Morgan fingerprint density at radius 1 is 0.740 bits per heavy atom. The van der Waals surface area contributed by atoms with Crippen LogP contribution in [0.1, 0.15) is 101 Å². The number of nitrogens with one attached hydrogen (secondary N) is 7. The topological polar surface area (TPSA) is 407 Å². The SMILES string of the molecule is CC(=O)N[C@H](CCCN=C(N)N)C(=O)N[C@H]1CCC(=O)CCCC[C@@H](C(=O)O)NC(=O)[C@H](Cc2c[nH]c3ccccc23)CC(=O)[C@H](CCCN=C(N)N)CC(=O)[C@@H](Cc2ccccc2)NC(=O)[C@H](Cc2cnc[nH]2)NC1=O. The number of hydrogen-bond donors (Lipinski definition) is 12. The number of carbonyl (C=O) groups excluding carboxylic acids is 8. The van der Waals surface area contributed by atoms with Gasteiger partial charge < -0.3 is 64.6 Å². The summed E-state index contributed by atoms with van der Waals surface area (Å²) in [5.41, 5.74) is 24.7. The average molecular weight is 1070 g/mol. The molecule has 24 heteroatoms. The van der Waals surface area contributed by atoms with Crippen LogP contribution in [0.3, 0.4) is 0 Å². The van der Waals surface area contributed by atoms with Gasteiger partial charge in [-0.1, -0.05) is 55.0 Å². The number of carbonyl (C=O) groups is 9. The van der Waals surface area contributed by atoms with Crippen LogP contribution in [0.25, 0.3) is 10.9 Å². The van der Waals surface area contributed by atoms with Crippen molar-refractivity contribution in [3.05, 3.63) is 90.1 Å². The van der Waals surface area contributed by atoms with E-state index in [2.05, 4.69) is 51.5 Å². The number of hydrogen-bond acceptors (Lipinski definition) is 12. The number of ketones is 3. The second-order valence-corrected chi connectivity index (χ2v) is 19.3. The molecule has 0 saturated carbocycles. The number of aliphatic imine (C=N–C) groups is 2. The van der Waals surface area contributed by atoms with Crippen molar-refractivity contribution in [1.29, 1.82) is 0 Å². The Labute approximate surface area is 445 Å². The summed E-state index contributed by atoms with van der Waals surface area (Å²) >= 11 is 0. The molecule has 1 aliphatic rings. The van der Waals surface area contributed by atoms with Crippen molar-refractivity contribution in [2.45, 2.75) is 133 Å². The highest BCUT2D eigenvalue weighted by atomic mass is 16.4. The first-order valence-corrected chi connectivity index (χ1v) is 25.8. The van der Waals surface area contributed by atoms with Crippen LogP contribution < -0.4 is 49.5 Å². The molecule has 0 radical (unpaired) electrons. The molecule has 7 atom stereocenters. The van der Waals surface area contributed by atoms with Crippen molar-refractivity contribution in [1.82, 2.24) is 41.5 Å². The number of H-pyrrole nitrogens is 2. The fraction of sp³-hybridized carbons (Fsp3) is 0.472. The molecule has 77 heavy (non-hydrogen) atoms. The maximum absolute atomic E-state index is 14.9. The third kappa shape index (κ3) is 20.0. The predicted molar refractivity (Wildman–Crippen MR) is 286 cm³/mol. The lowest BCUT2D eigenvalue weighted by molar-refractivity contribution is -0.143. The molecule has 2 aromatic carbocycles. The van der Waals surface area contributed by atoms with Crippen LogP contribution in [-0.4, -0.2) is 128 Å². The van der Waals surface area contributed by atoms with E-state index < -0.39 is 95.5 Å². The summed E-state index contributed by atoms with van der Waals surface area (Å²) < 4.78 is 0. The van der Waals surface area contributed by atoms with Crippen LogP contribution in [0.15, 0.2) is 83.3 Å². The molecular formula is C53H72N14O10. The van der Waals surface area contributed by atoms with E-state index in [1.807, 2.05) is 24.3 Å². The van der Waals surface area contributed by atoms with Crippen molar-refractivity contribution in [2.24, 2.45) is 44.8 Å². The fourth-order valence-electron chi connectivity index (χ4n) is 9.21. The van der Waals surface area contributed by atoms with Gasteiger partial charge in [0.25, 0.3) is 0 Å². The van der Waals surface area contributed by atoms with E-state index >= 15 is 0 Å². The Hall–Kier alpha value is -8.44. The Kier molecular flexibility index (Phi) is 23.3. The van der Waals surface area contributed by atoms with Crippen molar-refractivity contribution in [2.75, 3.05) is 13.1 Å². The van der Waals surface area contributed by atoms with Gasteiger partial charge in [0.1, 0.15) is 35.7 Å². The molecule has 0 spiro atoms. The lowest BCUT2D eigenvalue weighted by Crippen LogP contribution is -2.58. The molecule has 5 amide bonds. The molecule has 4 aromatic rings. The minimum absolute atomic E-state index is 0.0298. The lowest BCUT2D eigenvalue weighted by Gasteiger charge is -2.27. The Bertz CT molecular complexity index is 2720. The van der Waals surface area contributed by atoms with E-state index in [1.54, 1.807) is 36.5 Å². The minimum atomic E-state index is -1.45. The highest BCUT2D eigenvalue weighted by Crippen LogP contribution is 2.26. The summed E-state index contributed by atoms with van der Waals surface area (Å²) in [7, 11) is 0. The normalized spacial score (nSPS) is 21.2. The van der Waals surface area contributed by atoms with Gasteiger partial charge in [0.15, 0.2) is 17.7 Å². The van der Waals surface area contributed by atoms with E-state index in [-0.39, 0.29) is 121 Å². The maximum atomic E-state index is 14.9. The van der Waals surface area contributed by atoms with Crippen molar-refractivity contribution in [3.8, 4) is 0 Å². The number of nitrogens with zero attached hydrogens (tertiary/aromatic N) is 3. The molecule has 1 aliphatic heterocycles. The zero-order valence-electron chi connectivity index (χ0n) is 43.3. The molecule has 0 bridgehead atoms. The van der Waals surface area contributed by atoms with Gasteiger partial charge in [-0.25, -0.2) is 9.78 Å². The van der Waals surface area contributed by atoms with Gasteiger partial charge in [-0.3, -0.25) is 48.3 Å². The minimum Gasteiger partial charge on any atom is -0.480 e. The molecule has 5 rings (SSSR count). The number of para-hydroxylation sites is 1. The van der Waals surface area contributed by atoms with E-state index in [1.165, 1.54) is 19.4 Å². The first-order valence-electron chi connectivity index (χ1n) is 25.8. The number of fused-ring (bicyclic) bond motifs is 1. The number of rotatable bonds is 18. The largest absolute Gasteiger partial charge is 0.480 e. The van der Waals surface area contributed by atoms with Gasteiger partial charge in [-0.15, -0.1) is 0 Å². The van der Waals surface area contributed by atoms with Crippen LogP contribution in [0, 0.1) is 11.8 Å². The van der Waals surface area contributed by atoms with E-state index in [4.69, 9.17) is 22.9 Å². The number of imidazole rings is 1. The summed E-state index contributed by atoms with van der Waals surface area (Å²) in [6.45, 7) is 1.45. The number of aromatic nitrogens is 3. The quantitative estimate of drug-likeness (QED) is 0.0369. The molecule has 2 aromatic heterocycles. The van der Waals surface area contributed by atoms with Gasteiger partial charge in [-0.2, -0.15) is 0 Å². The van der Waals surface area contributed by atoms with Gasteiger partial charge in [0.2, 0.25) is 29.5 Å². The summed E-state index contributed by atoms with van der Waals surface area (Å²) in [6.07, 6.45) is 3.99. The van der Waals surface area contributed by atoms with Crippen molar-refractivity contribution in [3.63, 3.8) is 0 Å². The van der Waals surface area contributed by atoms with E-state index in [0.717, 1.165) is 10.9 Å². The lowest BCUT2D eigenvalue weighted by atomic mass is 9.83. The molecule has 24 nitrogen and oxygen atoms in total. The van der Waals surface area contributed by atoms with Crippen LogP contribution in [-0.2, 0) is 62.4 Å². The number of carboxylic acids is 1. The predicted octanol–water partition coefficient (Wildman–Crippen LogP) is 0.629. The number of aromatic amines is 2. The number of Topliss-reactive ketones (excluding diaryl/α,β-unsaturated/α-hetero) is 3. The van der Waals surface area contributed by atoms with Crippen molar-refractivity contribution >= 4 is 75.7 Å². The van der Waals surface area contributed by atoms with Gasteiger partial charge in [-0.05, 0) is 75.0 Å². The number of carboxylic acid groups (broad SMARTS) is 1. The molecule has 0 unspecified atom stereocenters. The van der Waals surface area contributed by atoms with Gasteiger partial charge >= 0.3 is 5.97 Å². The number of amides is 5. The third-order valence-electron chi connectivity index (χ3n) is 13.3. The summed E-state index contributed by atoms with van der Waals surface area (Å²) in [6, 6.07) is 9.48. The molecule has 0 aliphatic carbocycles. The molecule has 414 valence electrons. The first kappa shape index (κ1) is 59.4. The number of benzene rings is 2. The molecular weight excluding hydrogens is 993 g/mol. The van der Waals surface area contributed by atoms with Gasteiger partial charge in [0.05, 0.1) is 12.4 Å². The molecule has 1 fully saturated rings. The summed E-state index contributed by atoms with van der Waals surface area (Å²) in [5, 5.41) is 24.5. The highest BCUT2D eigenvalue weighted by molar-refractivity contribution is 5.98. The number of aliphatic carboxylic acids is 1. The average Bonchev–Trinajstić information content (AvgIpc) is 4.06. The highest BCUT2D eigenvalue weighted by Gasteiger charge is 2.35. The van der Waals surface area contributed by atoms with Gasteiger partial charge in [0, 0.05) is 92.9 Å².